The van der Waals surface area contributed by atoms with Crippen LogP contribution in [0.4, 0.5) is 0 Å². The number of thioether (sulfide) groups is 1. The molecule has 0 atom stereocenters. The van der Waals surface area contributed by atoms with E-state index >= 15 is 0 Å². The van der Waals surface area contributed by atoms with Crippen LogP contribution in [0, 0.1) is 34.6 Å². The molecule has 1 aromatic heterocycles. The van der Waals surface area contributed by atoms with Crippen LogP contribution in [-0.2, 0) is 23.5 Å². The molecule has 4 aromatic rings. The number of benzene rings is 3. The number of ether oxygens (including phenoxy) is 2. The number of methoxy groups -OCH3 is 1. The number of aryl methyl sites for hydroxylation is 2. The lowest BCUT2D eigenvalue weighted by atomic mass is 9.90. The Kier molecular flexibility index (Phi) is 8.28. The molecule has 6 heteroatoms. The van der Waals surface area contributed by atoms with E-state index in [0.29, 0.717) is 12.2 Å². The van der Waals surface area contributed by atoms with Crippen LogP contribution in [0.25, 0.3) is 11.0 Å². The first-order valence-electron chi connectivity index (χ1n) is 12.7. The van der Waals surface area contributed by atoms with Gasteiger partial charge in [0.2, 0.25) is 0 Å². The third kappa shape index (κ3) is 5.54. The van der Waals surface area contributed by atoms with E-state index in [1.807, 2.05) is 37.3 Å². The number of aromatic nitrogens is 2. The van der Waals surface area contributed by atoms with Crippen molar-refractivity contribution in [3.63, 3.8) is 0 Å². The topological polar surface area (TPSA) is 53.3 Å². The van der Waals surface area contributed by atoms with Gasteiger partial charge in [0.25, 0.3) is 0 Å². The summed E-state index contributed by atoms with van der Waals surface area (Å²) < 4.78 is 12.8. The fourth-order valence-corrected chi connectivity index (χ4v) is 5.95. The Morgan fingerprint density at radius 2 is 1.57 bits per heavy atom. The van der Waals surface area contributed by atoms with E-state index < -0.39 is 0 Å². The normalized spacial score (nSPS) is 11.2. The van der Waals surface area contributed by atoms with Crippen molar-refractivity contribution in [2.75, 3.05) is 13.7 Å². The van der Waals surface area contributed by atoms with Gasteiger partial charge in [0.05, 0.1) is 30.3 Å². The van der Waals surface area contributed by atoms with E-state index in [4.69, 9.17) is 14.5 Å². The minimum Gasteiger partial charge on any atom is -0.497 e. The first-order chi connectivity index (χ1) is 17.7. The molecule has 4 rings (SSSR count). The fourth-order valence-electron chi connectivity index (χ4n) is 4.74. The van der Waals surface area contributed by atoms with Gasteiger partial charge in [0.15, 0.2) is 5.16 Å². The second-order valence-electron chi connectivity index (χ2n) is 9.46. The summed E-state index contributed by atoms with van der Waals surface area (Å²) in [6.45, 7) is 14.0. The molecule has 0 aliphatic carbocycles. The van der Waals surface area contributed by atoms with Gasteiger partial charge in [-0.05, 0) is 117 Å². The highest BCUT2D eigenvalue weighted by Crippen LogP contribution is 2.33. The standard InChI is InChI=1S/C31H36N2O3S/c1-8-36-30(34)25-11-14-29-28(17-25)32-31(33(29)16-15-24-9-12-26(35-7)13-10-24)37-18-27-22(5)20(3)19(2)21(4)23(27)6/h9-14,17H,8,15-16,18H2,1-7H3. The summed E-state index contributed by atoms with van der Waals surface area (Å²) in [7, 11) is 1.68. The Bertz CT molecular complexity index is 1410. The number of hydrogen-bond acceptors (Lipinski definition) is 5. The largest absolute Gasteiger partial charge is 0.497 e. The van der Waals surface area contributed by atoms with Gasteiger partial charge in [-0.2, -0.15) is 0 Å². The Balaban J connectivity index is 1.69. The summed E-state index contributed by atoms with van der Waals surface area (Å²) in [5, 5.41) is 0.958. The van der Waals surface area contributed by atoms with Gasteiger partial charge in [0.1, 0.15) is 5.75 Å². The van der Waals surface area contributed by atoms with Crippen molar-refractivity contribution in [2.45, 2.75) is 65.4 Å². The van der Waals surface area contributed by atoms with Crippen LogP contribution in [0.1, 0.15) is 56.2 Å². The van der Waals surface area contributed by atoms with Crippen LogP contribution >= 0.6 is 11.8 Å². The van der Waals surface area contributed by atoms with Crippen molar-refractivity contribution < 1.29 is 14.3 Å². The highest BCUT2D eigenvalue weighted by atomic mass is 32.2. The van der Waals surface area contributed by atoms with E-state index in [0.717, 1.165) is 40.7 Å². The number of carbonyl (C=O) groups is 1. The van der Waals surface area contributed by atoms with Crippen LogP contribution in [-0.4, -0.2) is 29.2 Å². The van der Waals surface area contributed by atoms with Gasteiger partial charge >= 0.3 is 5.97 Å². The summed E-state index contributed by atoms with van der Waals surface area (Å²) in [6.07, 6.45) is 0.865. The number of fused-ring (bicyclic) bond motifs is 1. The Morgan fingerprint density at radius 1 is 0.919 bits per heavy atom. The van der Waals surface area contributed by atoms with E-state index in [1.165, 1.54) is 38.9 Å². The molecule has 1 heterocycles. The molecule has 0 spiro atoms. The van der Waals surface area contributed by atoms with Crippen molar-refractivity contribution >= 4 is 28.8 Å². The maximum absolute atomic E-state index is 12.3. The average Bonchev–Trinajstić information content (AvgIpc) is 3.26. The Morgan fingerprint density at radius 3 is 2.19 bits per heavy atom. The van der Waals surface area contributed by atoms with Gasteiger partial charge in [-0.3, -0.25) is 0 Å². The predicted octanol–water partition coefficient (Wildman–Crippen LogP) is 7.30. The maximum Gasteiger partial charge on any atom is 0.338 e. The predicted molar refractivity (Wildman–Crippen MR) is 152 cm³/mol. The molecule has 0 aliphatic heterocycles. The van der Waals surface area contributed by atoms with Crippen LogP contribution in [0.15, 0.2) is 47.6 Å². The minimum absolute atomic E-state index is 0.316. The summed E-state index contributed by atoms with van der Waals surface area (Å²) in [5.74, 6) is 1.38. The molecule has 0 unspecified atom stereocenters. The number of nitrogens with zero attached hydrogens (tertiary/aromatic N) is 2. The van der Waals surface area contributed by atoms with E-state index in [9.17, 15) is 4.79 Å². The fraction of sp³-hybridized carbons (Fsp3) is 0.355. The zero-order chi connectivity index (χ0) is 26.7. The molecule has 5 nitrogen and oxygen atoms in total. The number of rotatable bonds is 9. The first-order valence-corrected chi connectivity index (χ1v) is 13.7. The van der Waals surface area contributed by atoms with Crippen molar-refractivity contribution in [1.29, 1.82) is 0 Å². The Hall–Kier alpha value is -3.25. The molecule has 0 bridgehead atoms. The number of esters is 1. The second-order valence-corrected chi connectivity index (χ2v) is 10.4. The smallest absolute Gasteiger partial charge is 0.338 e. The molecule has 0 saturated carbocycles. The Labute approximate surface area is 224 Å². The van der Waals surface area contributed by atoms with Gasteiger partial charge in [-0.1, -0.05) is 23.9 Å². The zero-order valence-corrected chi connectivity index (χ0v) is 23.7. The minimum atomic E-state index is -0.316. The van der Waals surface area contributed by atoms with Gasteiger partial charge < -0.3 is 14.0 Å². The van der Waals surface area contributed by atoms with Crippen molar-refractivity contribution in [3.05, 3.63) is 87.0 Å². The van der Waals surface area contributed by atoms with E-state index in [-0.39, 0.29) is 5.97 Å². The SMILES string of the molecule is CCOC(=O)c1ccc2c(c1)nc(SCc1c(C)c(C)c(C)c(C)c1C)n2CCc1ccc(OC)cc1. The second kappa shape index (κ2) is 11.4. The summed E-state index contributed by atoms with van der Waals surface area (Å²) in [5.41, 5.74) is 11.8. The molecule has 0 aliphatic rings. The first kappa shape index (κ1) is 26.8. The van der Waals surface area contributed by atoms with Crippen molar-refractivity contribution in [1.82, 2.24) is 9.55 Å². The van der Waals surface area contributed by atoms with E-state index in [1.54, 1.807) is 18.9 Å². The van der Waals surface area contributed by atoms with Crippen molar-refractivity contribution in [2.24, 2.45) is 0 Å². The zero-order valence-electron chi connectivity index (χ0n) is 22.9. The molecule has 0 radical (unpaired) electrons. The van der Waals surface area contributed by atoms with Gasteiger partial charge in [0, 0.05) is 12.3 Å². The highest BCUT2D eigenvalue weighted by Gasteiger charge is 2.17. The monoisotopic (exact) mass is 516 g/mol. The lowest BCUT2D eigenvalue weighted by Gasteiger charge is -2.18. The summed E-state index contributed by atoms with van der Waals surface area (Å²) in [6, 6.07) is 13.9. The summed E-state index contributed by atoms with van der Waals surface area (Å²) >= 11 is 1.76. The molecule has 0 fully saturated rings. The number of carbonyl (C=O) groups excluding carboxylic acids is 1. The van der Waals surface area contributed by atoms with Crippen LogP contribution < -0.4 is 4.74 Å². The third-order valence-corrected chi connectivity index (χ3v) is 8.51. The molecule has 0 amide bonds. The average molecular weight is 517 g/mol. The van der Waals surface area contributed by atoms with Gasteiger partial charge in [-0.25, -0.2) is 9.78 Å². The van der Waals surface area contributed by atoms with Gasteiger partial charge in [-0.15, -0.1) is 0 Å². The molecule has 37 heavy (non-hydrogen) atoms. The number of imidazole rings is 1. The van der Waals surface area contributed by atoms with Crippen LogP contribution in [0.5, 0.6) is 5.75 Å². The molecular formula is C31H36N2O3S. The van der Waals surface area contributed by atoms with E-state index in [2.05, 4.69) is 51.3 Å². The molecule has 0 saturated heterocycles. The lowest BCUT2D eigenvalue weighted by molar-refractivity contribution is 0.0526. The molecule has 194 valence electrons. The number of hydrogen-bond donors (Lipinski definition) is 0. The van der Waals surface area contributed by atoms with Crippen LogP contribution in [0.2, 0.25) is 0 Å². The van der Waals surface area contributed by atoms with Crippen LogP contribution in [0.3, 0.4) is 0 Å². The molecule has 3 aromatic carbocycles. The van der Waals surface area contributed by atoms with Crippen molar-refractivity contribution in [3.8, 4) is 5.75 Å². The molecular weight excluding hydrogens is 480 g/mol. The quantitative estimate of drug-likeness (QED) is 0.173. The summed E-state index contributed by atoms with van der Waals surface area (Å²) in [4.78, 5) is 17.3. The maximum atomic E-state index is 12.3. The lowest BCUT2D eigenvalue weighted by Crippen LogP contribution is -2.06. The molecule has 0 N–H and O–H groups in total. The third-order valence-electron chi connectivity index (χ3n) is 7.51. The highest BCUT2D eigenvalue weighted by molar-refractivity contribution is 7.98.